The molecule has 3 rings (SSSR count). The number of hydrogen-bond acceptors (Lipinski definition) is 6. The van der Waals surface area contributed by atoms with Crippen LogP contribution in [0.4, 0.5) is 5.13 Å². The third-order valence-corrected chi connectivity index (χ3v) is 6.31. The van der Waals surface area contributed by atoms with Crippen LogP contribution < -0.4 is 5.32 Å². The average molecular weight is 412 g/mol. The second-order valence-electron chi connectivity index (χ2n) is 6.20. The molecule has 0 aromatic carbocycles. The van der Waals surface area contributed by atoms with Crippen LogP contribution in [0.25, 0.3) is 5.57 Å². The quantitative estimate of drug-likeness (QED) is 0.755. The van der Waals surface area contributed by atoms with Gasteiger partial charge in [-0.15, -0.1) is 0 Å². The first-order chi connectivity index (χ1) is 12.3. The standard InChI is InChI=1S/C17H18ClN3O3S2/c1-26(23,24)12-6-7-14(19-9-12)13(8-11-4-2-3-5-11)16(22)21-17-20-10-15(18)25-17/h6-11H,2-5H2,1H3,(H,20,21,22). The molecule has 2 aromatic heterocycles. The molecular weight excluding hydrogens is 394 g/mol. The van der Waals surface area contributed by atoms with E-state index in [1.54, 1.807) is 6.07 Å². The van der Waals surface area contributed by atoms with Crippen LogP contribution >= 0.6 is 22.9 Å². The number of rotatable bonds is 5. The molecule has 0 radical (unpaired) electrons. The van der Waals surface area contributed by atoms with Gasteiger partial charge in [-0.1, -0.05) is 41.9 Å². The first-order valence-corrected chi connectivity index (χ1v) is 11.2. The van der Waals surface area contributed by atoms with Crippen LogP contribution in [0.15, 0.2) is 35.5 Å². The molecule has 6 nitrogen and oxygen atoms in total. The lowest BCUT2D eigenvalue weighted by Crippen LogP contribution is -2.15. The van der Waals surface area contributed by atoms with E-state index in [0.29, 0.717) is 26.7 Å². The van der Waals surface area contributed by atoms with Gasteiger partial charge in [0, 0.05) is 12.5 Å². The monoisotopic (exact) mass is 411 g/mol. The van der Waals surface area contributed by atoms with Crippen LogP contribution in [0.5, 0.6) is 0 Å². The normalized spacial score (nSPS) is 16.0. The smallest absolute Gasteiger partial charge is 0.259 e. The summed E-state index contributed by atoms with van der Waals surface area (Å²) in [4.78, 5) is 21.1. The summed E-state index contributed by atoms with van der Waals surface area (Å²) in [7, 11) is -3.34. The van der Waals surface area contributed by atoms with Crippen molar-refractivity contribution in [3.05, 3.63) is 40.6 Å². The van der Waals surface area contributed by atoms with Crippen LogP contribution in [-0.4, -0.2) is 30.5 Å². The summed E-state index contributed by atoms with van der Waals surface area (Å²) in [5.74, 6) is -0.0189. The minimum Gasteiger partial charge on any atom is -0.298 e. The van der Waals surface area contributed by atoms with Gasteiger partial charge < -0.3 is 0 Å². The minimum absolute atomic E-state index is 0.119. The molecule has 1 aliphatic rings. The van der Waals surface area contributed by atoms with E-state index in [9.17, 15) is 13.2 Å². The first-order valence-electron chi connectivity index (χ1n) is 8.14. The highest BCUT2D eigenvalue weighted by Crippen LogP contribution is 2.30. The van der Waals surface area contributed by atoms with E-state index in [2.05, 4.69) is 15.3 Å². The Labute approximate surface area is 161 Å². The molecule has 26 heavy (non-hydrogen) atoms. The fourth-order valence-corrected chi connectivity index (χ4v) is 4.24. The van der Waals surface area contributed by atoms with Crippen LogP contribution in [0.3, 0.4) is 0 Å². The van der Waals surface area contributed by atoms with Gasteiger partial charge in [-0.05, 0) is 30.9 Å². The summed E-state index contributed by atoms with van der Waals surface area (Å²) in [5.41, 5.74) is 0.854. The van der Waals surface area contributed by atoms with Gasteiger partial charge >= 0.3 is 0 Å². The Morgan fingerprint density at radius 3 is 2.54 bits per heavy atom. The first kappa shape index (κ1) is 19.0. The fraction of sp³-hybridized carbons (Fsp3) is 0.353. The number of anilines is 1. The van der Waals surface area contributed by atoms with Gasteiger partial charge in [0.1, 0.15) is 4.34 Å². The molecule has 0 spiro atoms. The van der Waals surface area contributed by atoms with Crippen LogP contribution in [0.2, 0.25) is 4.34 Å². The van der Waals surface area contributed by atoms with E-state index in [1.165, 1.54) is 29.8 Å². The molecule has 9 heteroatoms. The maximum absolute atomic E-state index is 12.8. The Kier molecular flexibility index (Phi) is 5.74. The Balaban J connectivity index is 1.91. The van der Waals surface area contributed by atoms with E-state index in [1.807, 2.05) is 6.08 Å². The zero-order valence-electron chi connectivity index (χ0n) is 14.1. The number of allylic oxidation sites excluding steroid dienone is 1. The van der Waals surface area contributed by atoms with E-state index in [4.69, 9.17) is 11.6 Å². The van der Waals surface area contributed by atoms with E-state index >= 15 is 0 Å². The van der Waals surface area contributed by atoms with Crippen molar-refractivity contribution in [2.24, 2.45) is 5.92 Å². The number of carbonyl (C=O) groups is 1. The molecule has 0 atom stereocenters. The topological polar surface area (TPSA) is 89.0 Å². The van der Waals surface area contributed by atoms with Crippen LogP contribution in [-0.2, 0) is 14.6 Å². The average Bonchev–Trinajstić information content (AvgIpc) is 3.23. The van der Waals surface area contributed by atoms with E-state index in [-0.39, 0.29) is 10.8 Å². The molecule has 1 N–H and O–H groups in total. The number of hydrogen-bond donors (Lipinski definition) is 1. The molecule has 1 saturated carbocycles. The lowest BCUT2D eigenvalue weighted by atomic mass is 10.0. The number of thiazole rings is 1. The number of halogens is 1. The Hall–Kier alpha value is -1.77. The SMILES string of the molecule is CS(=O)(=O)c1ccc(C(=CC2CCCC2)C(=O)Nc2ncc(Cl)s2)nc1. The largest absolute Gasteiger partial charge is 0.298 e. The van der Waals surface area contributed by atoms with Crippen molar-refractivity contribution in [2.75, 3.05) is 11.6 Å². The second-order valence-corrected chi connectivity index (χ2v) is 9.88. The van der Waals surface area contributed by atoms with Crippen LogP contribution in [0, 0.1) is 5.92 Å². The second kappa shape index (κ2) is 7.85. The highest BCUT2D eigenvalue weighted by molar-refractivity contribution is 7.90. The summed E-state index contributed by atoms with van der Waals surface area (Å²) in [6.07, 6.45) is 10.1. The minimum atomic E-state index is -3.34. The van der Waals surface area contributed by atoms with E-state index < -0.39 is 9.84 Å². The number of aromatic nitrogens is 2. The third kappa shape index (κ3) is 4.69. The predicted molar refractivity (Wildman–Crippen MR) is 103 cm³/mol. The number of nitrogens with zero attached hydrogens (tertiary/aromatic N) is 2. The van der Waals surface area contributed by atoms with Gasteiger partial charge in [0.25, 0.3) is 5.91 Å². The number of amides is 1. The molecule has 1 aliphatic carbocycles. The molecule has 138 valence electrons. The summed E-state index contributed by atoms with van der Waals surface area (Å²) in [6, 6.07) is 3.03. The van der Waals surface area contributed by atoms with Crippen molar-refractivity contribution >= 4 is 49.4 Å². The van der Waals surface area contributed by atoms with Crippen molar-refractivity contribution in [1.82, 2.24) is 9.97 Å². The molecule has 0 saturated heterocycles. The van der Waals surface area contributed by atoms with Crippen LogP contribution in [0.1, 0.15) is 31.4 Å². The maximum atomic E-state index is 12.8. The summed E-state index contributed by atoms with van der Waals surface area (Å²) in [5, 5.41) is 3.15. The van der Waals surface area contributed by atoms with E-state index in [0.717, 1.165) is 31.9 Å². The lowest BCUT2D eigenvalue weighted by Gasteiger charge is -2.10. The fourth-order valence-electron chi connectivity index (χ4n) is 2.87. The number of nitrogens with one attached hydrogen (secondary N) is 1. The number of pyridine rings is 1. The van der Waals surface area contributed by atoms with Crippen molar-refractivity contribution in [2.45, 2.75) is 30.6 Å². The predicted octanol–water partition coefficient (Wildman–Crippen LogP) is 3.81. The summed E-state index contributed by atoms with van der Waals surface area (Å²) in [6.45, 7) is 0. The molecule has 1 amide bonds. The van der Waals surface area contributed by atoms with Crippen molar-refractivity contribution in [3.63, 3.8) is 0 Å². The number of carbonyl (C=O) groups excluding carboxylic acids is 1. The third-order valence-electron chi connectivity index (χ3n) is 4.19. The Morgan fingerprint density at radius 1 is 1.27 bits per heavy atom. The molecule has 2 aromatic rings. The summed E-state index contributed by atoms with van der Waals surface area (Å²) < 4.78 is 23.7. The maximum Gasteiger partial charge on any atom is 0.259 e. The van der Waals surface area contributed by atoms with Gasteiger partial charge in [-0.25, -0.2) is 13.4 Å². The Bertz CT molecular complexity index is 930. The van der Waals surface area contributed by atoms with Gasteiger partial charge in [-0.2, -0.15) is 0 Å². The Morgan fingerprint density at radius 2 is 2.00 bits per heavy atom. The molecule has 1 fully saturated rings. The molecule has 0 unspecified atom stereocenters. The van der Waals surface area contributed by atoms with Crippen molar-refractivity contribution in [3.8, 4) is 0 Å². The van der Waals surface area contributed by atoms with Gasteiger partial charge in [0.2, 0.25) is 0 Å². The molecule has 0 aliphatic heterocycles. The number of sulfone groups is 1. The zero-order chi connectivity index (χ0) is 18.7. The highest BCUT2D eigenvalue weighted by atomic mass is 35.5. The zero-order valence-corrected chi connectivity index (χ0v) is 16.5. The van der Waals surface area contributed by atoms with Gasteiger partial charge in [-0.3, -0.25) is 15.1 Å². The van der Waals surface area contributed by atoms with Gasteiger partial charge in [0.05, 0.1) is 22.4 Å². The van der Waals surface area contributed by atoms with Crippen molar-refractivity contribution < 1.29 is 13.2 Å². The summed E-state index contributed by atoms with van der Waals surface area (Å²) >= 11 is 7.03. The van der Waals surface area contributed by atoms with Crippen molar-refractivity contribution in [1.29, 1.82) is 0 Å². The van der Waals surface area contributed by atoms with Gasteiger partial charge in [0.15, 0.2) is 15.0 Å². The lowest BCUT2D eigenvalue weighted by molar-refractivity contribution is -0.111. The molecule has 0 bridgehead atoms. The highest BCUT2D eigenvalue weighted by Gasteiger charge is 2.20. The molecule has 2 heterocycles. The molecular formula is C17H18ClN3O3S2.